The second kappa shape index (κ2) is 5.82. The van der Waals surface area contributed by atoms with E-state index in [1.165, 1.54) is 37.9 Å². The van der Waals surface area contributed by atoms with Crippen LogP contribution in [0.4, 0.5) is 0 Å². The van der Waals surface area contributed by atoms with Gasteiger partial charge in [0.05, 0.1) is 13.1 Å². The van der Waals surface area contributed by atoms with Crippen LogP contribution in [0.2, 0.25) is 5.02 Å². The largest absolute Gasteiger partial charge is 0.387 e. The number of quaternary nitrogens is 1. The molecule has 0 radical (unpaired) electrons. The molecular weight excluding hydrogens is 258 g/mol. The van der Waals surface area contributed by atoms with Crippen LogP contribution in [-0.4, -0.2) is 30.3 Å². The third kappa shape index (κ3) is 2.96. The summed E-state index contributed by atoms with van der Waals surface area (Å²) in [5, 5.41) is 11.2. The Morgan fingerprint density at radius 2 is 1.84 bits per heavy atom. The van der Waals surface area contributed by atoms with Gasteiger partial charge in [-0.25, -0.2) is 0 Å². The zero-order chi connectivity index (χ0) is 13.2. The fourth-order valence-corrected chi connectivity index (χ4v) is 3.97. The van der Waals surface area contributed by atoms with Crippen molar-refractivity contribution in [1.29, 1.82) is 0 Å². The van der Waals surface area contributed by atoms with Crippen molar-refractivity contribution in [2.75, 3.05) is 13.1 Å². The summed E-state index contributed by atoms with van der Waals surface area (Å²) < 4.78 is 0. The van der Waals surface area contributed by atoms with E-state index in [1.807, 2.05) is 12.1 Å². The fraction of sp³-hybridized carbons (Fsp3) is 0.625. The molecule has 3 aliphatic heterocycles. The number of aryl methyl sites for hydroxylation is 1. The van der Waals surface area contributed by atoms with Crippen molar-refractivity contribution in [3.63, 3.8) is 0 Å². The third-order valence-corrected chi connectivity index (χ3v) is 5.24. The minimum absolute atomic E-state index is 0.0530. The van der Waals surface area contributed by atoms with E-state index in [1.54, 1.807) is 4.90 Å². The maximum Gasteiger partial charge on any atom is 0.114 e. The molecule has 2 atom stereocenters. The minimum Gasteiger partial charge on any atom is -0.387 e. The van der Waals surface area contributed by atoms with E-state index in [-0.39, 0.29) is 6.10 Å². The summed E-state index contributed by atoms with van der Waals surface area (Å²) in [6.45, 7) is 2.54. The summed E-state index contributed by atoms with van der Waals surface area (Å²) in [7, 11) is 0. The number of halogens is 1. The molecule has 3 saturated heterocycles. The molecule has 0 aromatic heterocycles. The second-order valence-corrected chi connectivity index (χ2v) is 6.55. The molecule has 1 aromatic carbocycles. The number of piperidine rings is 3. The summed E-state index contributed by atoms with van der Waals surface area (Å²) in [6, 6.07) is 8.63. The standard InChI is InChI=1S/C16H22ClNO/c17-14-6-4-12(5-7-14)2-1-3-15-16(19)13-8-10-18(15)11-9-13/h4-7,13,15-16,19H,1-3,8-11H2/p+1. The molecule has 0 saturated carbocycles. The molecule has 1 aromatic rings. The number of aliphatic hydroxyl groups excluding tert-OH is 1. The highest BCUT2D eigenvalue weighted by atomic mass is 35.5. The van der Waals surface area contributed by atoms with E-state index < -0.39 is 0 Å². The van der Waals surface area contributed by atoms with Gasteiger partial charge in [-0.3, -0.25) is 0 Å². The first kappa shape index (κ1) is 13.4. The Bertz CT molecular complexity index is 409. The molecule has 2 N–H and O–H groups in total. The fourth-order valence-electron chi connectivity index (χ4n) is 3.85. The average Bonchev–Trinajstić information content (AvgIpc) is 2.45. The first-order valence-corrected chi connectivity index (χ1v) is 7.89. The van der Waals surface area contributed by atoms with Gasteiger partial charge in [-0.2, -0.15) is 0 Å². The molecule has 3 aliphatic rings. The van der Waals surface area contributed by atoms with Crippen LogP contribution < -0.4 is 4.90 Å². The number of hydrogen-bond donors (Lipinski definition) is 2. The second-order valence-electron chi connectivity index (χ2n) is 6.11. The number of fused-ring (bicyclic) bond motifs is 3. The van der Waals surface area contributed by atoms with Crippen LogP contribution in [-0.2, 0) is 6.42 Å². The van der Waals surface area contributed by atoms with Gasteiger partial charge >= 0.3 is 0 Å². The quantitative estimate of drug-likeness (QED) is 0.862. The van der Waals surface area contributed by atoms with E-state index in [0.29, 0.717) is 12.0 Å². The molecule has 2 unspecified atom stereocenters. The van der Waals surface area contributed by atoms with E-state index >= 15 is 0 Å². The molecule has 3 fully saturated rings. The smallest absolute Gasteiger partial charge is 0.114 e. The topological polar surface area (TPSA) is 24.7 Å². The molecule has 0 spiro atoms. The maximum atomic E-state index is 10.4. The van der Waals surface area contributed by atoms with Gasteiger partial charge in [0.2, 0.25) is 0 Å². The molecule has 3 heterocycles. The normalized spacial score (nSPS) is 33.6. The van der Waals surface area contributed by atoms with Crippen molar-refractivity contribution in [2.24, 2.45) is 5.92 Å². The van der Waals surface area contributed by atoms with E-state index in [2.05, 4.69) is 12.1 Å². The Morgan fingerprint density at radius 1 is 1.16 bits per heavy atom. The highest BCUT2D eigenvalue weighted by molar-refractivity contribution is 6.30. The van der Waals surface area contributed by atoms with Gasteiger partial charge in [0.15, 0.2) is 0 Å². The van der Waals surface area contributed by atoms with Crippen LogP contribution >= 0.6 is 11.6 Å². The number of aliphatic hydroxyl groups is 1. The number of rotatable bonds is 4. The Labute approximate surface area is 120 Å². The van der Waals surface area contributed by atoms with Crippen molar-refractivity contribution in [2.45, 2.75) is 44.2 Å². The Balaban J connectivity index is 1.51. The van der Waals surface area contributed by atoms with Crippen LogP contribution in [0.3, 0.4) is 0 Å². The van der Waals surface area contributed by atoms with Crippen molar-refractivity contribution in [3.05, 3.63) is 34.9 Å². The summed E-state index contributed by atoms with van der Waals surface area (Å²) in [5.74, 6) is 0.582. The average molecular weight is 281 g/mol. The van der Waals surface area contributed by atoms with Gasteiger partial charge in [0.1, 0.15) is 12.1 Å². The van der Waals surface area contributed by atoms with Crippen LogP contribution in [0.25, 0.3) is 0 Å². The number of hydrogen-bond acceptors (Lipinski definition) is 1. The zero-order valence-electron chi connectivity index (χ0n) is 11.3. The predicted octanol–water partition coefficient (Wildman–Crippen LogP) is 1.70. The Hall–Kier alpha value is -0.570. The zero-order valence-corrected chi connectivity index (χ0v) is 12.1. The maximum absolute atomic E-state index is 10.4. The molecule has 4 rings (SSSR count). The summed E-state index contributed by atoms with van der Waals surface area (Å²) in [4.78, 5) is 1.64. The van der Waals surface area contributed by atoms with Crippen molar-refractivity contribution in [1.82, 2.24) is 0 Å². The first-order chi connectivity index (χ1) is 9.24. The highest BCUT2D eigenvalue weighted by Crippen LogP contribution is 2.24. The minimum atomic E-state index is -0.0530. The summed E-state index contributed by atoms with van der Waals surface area (Å²) in [5.41, 5.74) is 1.35. The molecular formula is C16H23ClNO+. The Morgan fingerprint density at radius 3 is 2.47 bits per heavy atom. The molecule has 2 nitrogen and oxygen atoms in total. The van der Waals surface area contributed by atoms with E-state index in [4.69, 9.17) is 11.6 Å². The molecule has 19 heavy (non-hydrogen) atoms. The summed E-state index contributed by atoms with van der Waals surface area (Å²) >= 11 is 5.89. The lowest BCUT2D eigenvalue weighted by molar-refractivity contribution is -0.947. The van der Waals surface area contributed by atoms with Crippen LogP contribution in [0.1, 0.15) is 31.2 Å². The molecule has 104 valence electrons. The number of benzene rings is 1. The lowest BCUT2D eigenvalue weighted by Gasteiger charge is -2.46. The lowest BCUT2D eigenvalue weighted by atomic mass is 9.79. The summed E-state index contributed by atoms with van der Waals surface area (Å²) in [6.07, 6.45) is 5.81. The lowest BCUT2D eigenvalue weighted by Crippen LogP contribution is -3.20. The molecule has 0 amide bonds. The van der Waals surface area contributed by atoms with Crippen molar-refractivity contribution >= 4 is 11.6 Å². The van der Waals surface area contributed by atoms with Gasteiger partial charge in [0.25, 0.3) is 0 Å². The van der Waals surface area contributed by atoms with Gasteiger partial charge < -0.3 is 10.0 Å². The van der Waals surface area contributed by atoms with Gasteiger partial charge in [0, 0.05) is 30.2 Å². The third-order valence-electron chi connectivity index (χ3n) is 4.99. The molecule has 2 bridgehead atoms. The number of nitrogens with one attached hydrogen (secondary N) is 1. The van der Waals surface area contributed by atoms with E-state index in [9.17, 15) is 5.11 Å². The Kier molecular flexibility index (Phi) is 4.11. The molecule has 0 aliphatic carbocycles. The highest BCUT2D eigenvalue weighted by Gasteiger charge is 2.44. The SMILES string of the molecule is OC1C2CC[NH+](CC2)C1CCCc1ccc(Cl)cc1. The predicted molar refractivity (Wildman–Crippen MR) is 77.6 cm³/mol. The van der Waals surface area contributed by atoms with Crippen LogP contribution in [0.15, 0.2) is 24.3 Å². The van der Waals surface area contributed by atoms with Crippen molar-refractivity contribution in [3.8, 4) is 0 Å². The van der Waals surface area contributed by atoms with Gasteiger partial charge in [-0.1, -0.05) is 23.7 Å². The van der Waals surface area contributed by atoms with Gasteiger partial charge in [-0.15, -0.1) is 0 Å². The van der Waals surface area contributed by atoms with Crippen LogP contribution in [0, 0.1) is 5.92 Å². The monoisotopic (exact) mass is 280 g/mol. The molecule has 3 heteroatoms. The van der Waals surface area contributed by atoms with Crippen molar-refractivity contribution < 1.29 is 10.0 Å². The van der Waals surface area contributed by atoms with Gasteiger partial charge in [-0.05, 0) is 30.5 Å². The van der Waals surface area contributed by atoms with E-state index in [0.717, 1.165) is 17.9 Å². The van der Waals surface area contributed by atoms with Crippen LogP contribution in [0.5, 0.6) is 0 Å². The first-order valence-electron chi connectivity index (χ1n) is 7.51.